The Morgan fingerprint density at radius 1 is 0.926 bits per heavy atom. The van der Waals surface area contributed by atoms with Gasteiger partial charge in [0.15, 0.2) is 0 Å². The van der Waals surface area contributed by atoms with Crippen molar-refractivity contribution in [1.82, 2.24) is 0 Å². The van der Waals surface area contributed by atoms with Crippen molar-refractivity contribution < 1.29 is 9.18 Å². The third kappa shape index (κ3) is 5.60. The van der Waals surface area contributed by atoms with E-state index in [0.717, 1.165) is 22.9 Å². The Balaban J connectivity index is 1.60. The Morgan fingerprint density at radius 3 is 2.44 bits per heavy atom. The number of anilines is 2. The molecule has 3 aromatic rings. The average Bonchev–Trinajstić information content (AvgIpc) is 2.68. The zero-order chi connectivity index (χ0) is 19.1. The molecule has 0 radical (unpaired) electrons. The maximum atomic E-state index is 13.0. The average molecular weight is 379 g/mol. The molecule has 0 aliphatic heterocycles. The molecule has 0 saturated carbocycles. The normalized spacial score (nSPS) is 9.85. The minimum atomic E-state index is -0.454. The van der Waals surface area contributed by atoms with Crippen LogP contribution in [0, 0.1) is 17.7 Å². The first-order valence-electron chi connectivity index (χ1n) is 8.26. The Labute approximate surface area is 162 Å². The fourth-order valence-electron chi connectivity index (χ4n) is 2.34. The fraction of sp³-hybridized carbons (Fsp3) is 0.0455. The van der Waals surface area contributed by atoms with Crippen molar-refractivity contribution in [2.75, 3.05) is 17.2 Å². The van der Waals surface area contributed by atoms with E-state index in [-0.39, 0.29) is 17.5 Å². The summed E-state index contributed by atoms with van der Waals surface area (Å²) < 4.78 is 13.0. The second-order valence-electron chi connectivity index (χ2n) is 5.72. The van der Waals surface area contributed by atoms with Crippen molar-refractivity contribution in [2.45, 2.75) is 0 Å². The van der Waals surface area contributed by atoms with Gasteiger partial charge in [0, 0.05) is 16.8 Å². The first kappa shape index (κ1) is 18.5. The summed E-state index contributed by atoms with van der Waals surface area (Å²) in [7, 11) is 0. The van der Waals surface area contributed by atoms with Crippen LogP contribution in [0.1, 0.15) is 11.1 Å². The Kier molecular flexibility index (Phi) is 6.09. The number of hydrogen-bond donors (Lipinski definition) is 2. The molecule has 27 heavy (non-hydrogen) atoms. The topological polar surface area (TPSA) is 41.1 Å². The van der Waals surface area contributed by atoms with Crippen LogP contribution in [0.15, 0.2) is 72.8 Å². The number of amides is 1. The maximum Gasteiger partial charge on any atom is 0.243 e. The molecule has 0 heterocycles. The van der Waals surface area contributed by atoms with Crippen LogP contribution in [0.4, 0.5) is 15.8 Å². The molecule has 3 rings (SSSR count). The van der Waals surface area contributed by atoms with Gasteiger partial charge in [0.25, 0.3) is 0 Å². The third-order valence-corrected chi connectivity index (χ3v) is 3.96. The number of carbonyl (C=O) groups is 1. The summed E-state index contributed by atoms with van der Waals surface area (Å²) in [5, 5.41) is 5.83. The highest BCUT2D eigenvalue weighted by Crippen LogP contribution is 2.22. The minimum Gasteiger partial charge on any atom is -0.376 e. The quantitative estimate of drug-likeness (QED) is 0.632. The lowest BCUT2D eigenvalue weighted by Crippen LogP contribution is -2.21. The molecule has 0 atom stereocenters. The first-order valence-corrected chi connectivity index (χ1v) is 8.64. The van der Waals surface area contributed by atoms with Crippen LogP contribution in [0.3, 0.4) is 0 Å². The van der Waals surface area contributed by atoms with Crippen LogP contribution in [0.5, 0.6) is 0 Å². The molecular weight excluding hydrogens is 363 g/mol. The van der Waals surface area contributed by atoms with Gasteiger partial charge in [-0.05, 0) is 48.5 Å². The maximum absolute atomic E-state index is 13.0. The fourth-order valence-corrected chi connectivity index (χ4v) is 2.55. The van der Waals surface area contributed by atoms with Gasteiger partial charge in [-0.3, -0.25) is 4.79 Å². The van der Waals surface area contributed by atoms with Crippen molar-refractivity contribution in [3.8, 4) is 11.8 Å². The largest absolute Gasteiger partial charge is 0.376 e. The van der Waals surface area contributed by atoms with E-state index in [9.17, 15) is 9.18 Å². The van der Waals surface area contributed by atoms with Crippen molar-refractivity contribution in [3.63, 3.8) is 0 Å². The number of carbonyl (C=O) groups excluding carboxylic acids is 1. The lowest BCUT2D eigenvalue weighted by molar-refractivity contribution is -0.114. The predicted octanol–water partition coefficient (Wildman–Crippen LogP) is 4.93. The van der Waals surface area contributed by atoms with Gasteiger partial charge < -0.3 is 10.6 Å². The number of benzene rings is 3. The second kappa shape index (κ2) is 8.88. The van der Waals surface area contributed by atoms with E-state index in [2.05, 4.69) is 22.5 Å². The van der Waals surface area contributed by atoms with Gasteiger partial charge >= 0.3 is 0 Å². The highest BCUT2D eigenvalue weighted by Gasteiger charge is 2.07. The molecule has 5 heteroatoms. The standard InChI is InChI=1S/C22H16ClFN2O/c23-20-14-18(24)11-12-21(20)26-22(27)15-25-19-8-4-7-17(13-19)10-9-16-5-2-1-3-6-16/h1-8,11-14,25H,15H2,(H,26,27). The molecule has 0 spiro atoms. The number of nitrogens with one attached hydrogen (secondary N) is 2. The van der Waals surface area contributed by atoms with Crippen LogP contribution < -0.4 is 10.6 Å². The summed E-state index contributed by atoms with van der Waals surface area (Å²) in [4.78, 5) is 12.1. The van der Waals surface area contributed by atoms with Gasteiger partial charge in [0.05, 0.1) is 17.3 Å². The van der Waals surface area contributed by atoms with Gasteiger partial charge in [0.1, 0.15) is 5.82 Å². The van der Waals surface area contributed by atoms with Crippen molar-refractivity contribution in [3.05, 3.63) is 94.8 Å². The van der Waals surface area contributed by atoms with Gasteiger partial charge in [-0.15, -0.1) is 0 Å². The van der Waals surface area contributed by atoms with Crippen molar-refractivity contribution in [2.24, 2.45) is 0 Å². The molecule has 0 aliphatic rings. The van der Waals surface area contributed by atoms with Crippen LogP contribution in [0.25, 0.3) is 0 Å². The molecule has 0 bridgehead atoms. The molecule has 1 amide bonds. The molecule has 0 fully saturated rings. The molecule has 2 N–H and O–H groups in total. The monoisotopic (exact) mass is 378 g/mol. The highest BCUT2D eigenvalue weighted by molar-refractivity contribution is 6.33. The molecule has 3 nitrogen and oxygen atoms in total. The van der Waals surface area contributed by atoms with Gasteiger partial charge in [-0.25, -0.2) is 4.39 Å². The van der Waals surface area contributed by atoms with Crippen LogP contribution >= 0.6 is 11.6 Å². The third-order valence-electron chi connectivity index (χ3n) is 3.65. The van der Waals surface area contributed by atoms with E-state index < -0.39 is 5.82 Å². The van der Waals surface area contributed by atoms with E-state index in [1.165, 1.54) is 12.1 Å². The molecule has 0 aliphatic carbocycles. The molecule has 0 aromatic heterocycles. The van der Waals surface area contributed by atoms with Gasteiger partial charge in [0.2, 0.25) is 5.91 Å². The van der Waals surface area contributed by atoms with Crippen molar-refractivity contribution in [1.29, 1.82) is 0 Å². The Hall–Kier alpha value is -3.29. The van der Waals surface area contributed by atoms with Crippen molar-refractivity contribution >= 4 is 28.9 Å². The Morgan fingerprint density at radius 2 is 1.67 bits per heavy atom. The minimum absolute atomic E-state index is 0.0449. The zero-order valence-electron chi connectivity index (χ0n) is 14.3. The van der Waals surface area contributed by atoms with E-state index in [1.54, 1.807) is 0 Å². The lowest BCUT2D eigenvalue weighted by Gasteiger charge is -2.09. The van der Waals surface area contributed by atoms with E-state index >= 15 is 0 Å². The van der Waals surface area contributed by atoms with Gasteiger partial charge in [-0.2, -0.15) is 0 Å². The Bertz CT molecular complexity index is 1010. The molecule has 3 aromatic carbocycles. The summed E-state index contributed by atoms with van der Waals surface area (Å²) in [5.74, 6) is 5.45. The zero-order valence-corrected chi connectivity index (χ0v) is 15.1. The van der Waals surface area contributed by atoms with E-state index in [0.29, 0.717) is 5.69 Å². The summed E-state index contributed by atoms with van der Waals surface area (Å²) in [6, 6.07) is 21.0. The summed E-state index contributed by atoms with van der Waals surface area (Å²) in [6.07, 6.45) is 0. The first-order chi connectivity index (χ1) is 13.1. The smallest absolute Gasteiger partial charge is 0.243 e. The molecule has 134 valence electrons. The number of hydrogen-bond acceptors (Lipinski definition) is 2. The van der Waals surface area contributed by atoms with Crippen LogP contribution in [-0.4, -0.2) is 12.5 Å². The highest BCUT2D eigenvalue weighted by atomic mass is 35.5. The second-order valence-corrected chi connectivity index (χ2v) is 6.13. The lowest BCUT2D eigenvalue weighted by atomic mass is 10.1. The summed E-state index contributed by atoms with van der Waals surface area (Å²) in [6.45, 7) is 0.0449. The van der Waals surface area contributed by atoms with Crippen LogP contribution in [-0.2, 0) is 4.79 Å². The molecule has 0 unspecified atom stereocenters. The number of halogens is 2. The number of rotatable bonds is 4. The SMILES string of the molecule is O=C(CNc1cccc(C#Cc2ccccc2)c1)Nc1ccc(F)cc1Cl. The molecular formula is C22H16ClFN2O. The van der Waals surface area contributed by atoms with Gasteiger partial charge in [-0.1, -0.05) is 47.7 Å². The van der Waals surface area contributed by atoms with E-state index in [1.807, 2.05) is 54.6 Å². The summed E-state index contributed by atoms with van der Waals surface area (Å²) >= 11 is 5.91. The van der Waals surface area contributed by atoms with Crippen LogP contribution in [0.2, 0.25) is 5.02 Å². The van der Waals surface area contributed by atoms with E-state index in [4.69, 9.17) is 11.6 Å². The summed E-state index contributed by atoms with van der Waals surface area (Å²) in [5.41, 5.74) is 2.92. The molecule has 0 saturated heterocycles. The predicted molar refractivity (Wildman–Crippen MR) is 107 cm³/mol.